The highest BCUT2D eigenvalue weighted by atomic mass is 16.6. The molecular weight excluding hydrogens is 406 g/mol. The van der Waals surface area contributed by atoms with E-state index in [1.807, 2.05) is 66.7 Å². The topological polar surface area (TPSA) is 101 Å². The molecule has 0 bridgehead atoms. The molecule has 0 saturated carbocycles. The molecule has 0 heterocycles. The summed E-state index contributed by atoms with van der Waals surface area (Å²) in [6.07, 6.45) is 4.99. The van der Waals surface area contributed by atoms with Crippen molar-refractivity contribution in [2.24, 2.45) is 0 Å². The van der Waals surface area contributed by atoms with Crippen LogP contribution in [0.15, 0.2) is 103 Å². The van der Waals surface area contributed by atoms with E-state index < -0.39 is 16.7 Å². The van der Waals surface area contributed by atoms with Gasteiger partial charge in [-0.1, -0.05) is 72.8 Å². The van der Waals surface area contributed by atoms with Crippen LogP contribution in [0.1, 0.15) is 21.5 Å². The third kappa shape index (κ3) is 6.50. The Kier molecular flexibility index (Phi) is 7.64. The Bertz CT molecular complexity index is 1140. The summed E-state index contributed by atoms with van der Waals surface area (Å²) in [6, 6.07) is 24.1. The maximum atomic E-state index is 12.8. The quantitative estimate of drug-likeness (QED) is 0.243. The maximum Gasteiger partial charge on any atom is 0.269 e. The summed E-state index contributed by atoms with van der Waals surface area (Å²) in [5.41, 5.74) is 1.99. The van der Waals surface area contributed by atoms with Crippen molar-refractivity contribution < 1.29 is 14.5 Å². The lowest BCUT2D eigenvalue weighted by atomic mass is 10.1. The van der Waals surface area contributed by atoms with Crippen LogP contribution < -0.4 is 10.6 Å². The van der Waals surface area contributed by atoms with Crippen LogP contribution in [-0.2, 0) is 11.3 Å². The smallest absolute Gasteiger partial charge is 0.269 e. The van der Waals surface area contributed by atoms with Crippen molar-refractivity contribution in [1.82, 2.24) is 10.6 Å². The minimum Gasteiger partial charge on any atom is -0.347 e. The first-order valence-electron chi connectivity index (χ1n) is 9.84. The zero-order chi connectivity index (χ0) is 22.8. The molecule has 0 aliphatic heterocycles. The molecule has 2 N–H and O–H groups in total. The highest BCUT2D eigenvalue weighted by Crippen LogP contribution is 2.12. The fourth-order valence-electron chi connectivity index (χ4n) is 2.80. The minimum atomic E-state index is -0.547. The molecule has 0 fully saturated rings. The van der Waals surface area contributed by atoms with Crippen LogP contribution in [0.4, 0.5) is 5.69 Å². The molecule has 0 saturated heterocycles. The van der Waals surface area contributed by atoms with E-state index in [9.17, 15) is 19.7 Å². The predicted octanol–water partition coefficient (Wildman–Crippen LogP) is 4.24. The van der Waals surface area contributed by atoms with Crippen LogP contribution in [0, 0.1) is 10.1 Å². The first-order valence-corrected chi connectivity index (χ1v) is 9.84. The van der Waals surface area contributed by atoms with Gasteiger partial charge in [-0.2, -0.15) is 0 Å². The number of hydrogen-bond donors (Lipinski definition) is 2. The van der Waals surface area contributed by atoms with Crippen molar-refractivity contribution in [1.29, 1.82) is 0 Å². The van der Waals surface area contributed by atoms with Crippen molar-refractivity contribution in [2.75, 3.05) is 0 Å². The number of carbonyl (C=O) groups is 2. The Morgan fingerprint density at radius 2 is 1.50 bits per heavy atom. The average Bonchev–Trinajstić information content (AvgIpc) is 2.83. The molecule has 7 nitrogen and oxygen atoms in total. The molecule has 0 aliphatic carbocycles. The van der Waals surface area contributed by atoms with E-state index in [2.05, 4.69) is 10.6 Å². The molecule has 0 aliphatic rings. The number of nitrogens with zero attached hydrogens (tertiary/aromatic N) is 1. The Hall–Kier alpha value is -4.52. The number of rotatable bonds is 8. The van der Waals surface area contributed by atoms with Gasteiger partial charge in [-0.15, -0.1) is 0 Å². The van der Waals surface area contributed by atoms with E-state index in [0.29, 0.717) is 6.54 Å². The Labute approximate surface area is 185 Å². The summed E-state index contributed by atoms with van der Waals surface area (Å²) in [5.74, 6) is -1.00. The molecular formula is C25H21N3O4. The number of allylic oxidation sites excluding steroid dienone is 2. The molecule has 3 aromatic rings. The number of non-ortho nitro benzene ring substituents is 1. The summed E-state index contributed by atoms with van der Waals surface area (Å²) in [4.78, 5) is 35.6. The zero-order valence-corrected chi connectivity index (χ0v) is 17.1. The van der Waals surface area contributed by atoms with Crippen LogP contribution in [0.5, 0.6) is 0 Å². The summed E-state index contributed by atoms with van der Waals surface area (Å²) >= 11 is 0. The molecule has 0 unspecified atom stereocenters. The molecule has 0 spiro atoms. The summed E-state index contributed by atoms with van der Waals surface area (Å²) in [6.45, 7) is 0.298. The molecule has 3 aromatic carbocycles. The van der Waals surface area contributed by atoms with Crippen LogP contribution >= 0.6 is 0 Å². The molecule has 0 radical (unpaired) electrons. The molecule has 2 amide bonds. The number of benzene rings is 3. The van der Waals surface area contributed by atoms with Gasteiger partial charge in [0.1, 0.15) is 5.70 Å². The first-order chi connectivity index (χ1) is 15.5. The number of carbonyl (C=O) groups excluding carboxylic acids is 2. The average molecular weight is 427 g/mol. The number of amides is 2. The molecule has 3 rings (SSSR count). The van der Waals surface area contributed by atoms with E-state index in [-0.39, 0.29) is 16.9 Å². The van der Waals surface area contributed by atoms with E-state index in [1.54, 1.807) is 6.08 Å². The van der Waals surface area contributed by atoms with Crippen LogP contribution in [-0.4, -0.2) is 16.7 Å². The van der Waals surface area contributed by atoms with Gasteiger partial charge in [0.05, 0.1) is 4.92 Å². The third-order valence-electron chi connectivity index (χ3n) is 4.48. The van der Waals surface area contributed by atoms with E-state index in [4.69, 9.17) is 0 Å². The van der Waals surface area contributed by atoms with Crippen LogP contribution in [0.25, 0.3) is 6.08 Å². The largest absolute Gasteiger partial charge is 0.347 e. The fraction of sp³-hybridized carbons (Fsp3) is 0.0400. The summed E-state index contributed by atoms with van der Waals surface area (Å²) < 4.78 is 0. The number of nitro benzene ring substituents is 1. The lowest BCUT2D eigenvalue weighted by molar-refractivity contribution is -0.384. The summed E-state index contributed by atoms with van der Waals surface area (Å²) in [5, 5.41) is 16.2. The van der Waals surface area contributed by atoms with Gasteiger partial charge >= 0.3 is 0 Å². The Morgan fingerprint density at radius 1 is 0.875 bits per heavy atom. The van der Waals surface area contributed by atoms with Crippen molar-refractivity contribution >= 4 is 23.6 Å². The lowest BCUT2D eigenvalue weighted by Gasteiger charge is -2.11. The highest BCUT2D eigenvalue weighted by Gasteiger charge is 2.15. The van der Waals surface area contributed by atoms with Gasteiger partial charge in [-0.25, -0.2) is 0 Å². The van der Waals surface area contributed by atoms with Gasteiger partial charge in [-0.05, 0) is 29.3 Å². The SMILES string of the molecule is O=C(NCc1ccccc1)C(=CC=Cc1ccccc1)NC(=O)c1ccc([N+](=O)[O-])cc1. The van der Waals surface area contributed by atoms with E-state index >= 15 is 0 Å². The molecule has 32 heavy (non-hydrogen) atoms. The monoisotopic (exact) mass is 427 g/mol. The Morgan fingerprint density at radius 3 is 2.12 bits per heavy atom. The molecule has 0 atom stereocenters. The van der Waals surface area contributed by atoms with Crippen molar-refractivity contribution in [2.45, 2.75) is 6.54 Å². The van der Waals surface area contributed by atoms with Gasteiger partial charge in [0.15, 0.2) is 0 Å². The second-order valence-corrected chi connectivity index (χ2v) is 6.78. The molecule has 0 aromatic heterocycles. The first kappa shape index (κ1) is 22.2. The van der Waals surface area contributed by atoms with Gasteiger partial charge in [0.25, 0.3) is 17.5 Å². The highest BCUT2D eigenvalue weighted by molar-refractivity contribution is 6.03. The van der Waals surface area contributed by atoms with Crippen molar-refractivity contribution in [3.05, 3.63) is 130 Å². The van der Waals surface area contributed by atoms with Crippen molar-refractivity contribution in [3.8, 4) is 0 Å². The predicted molar refractivity (Wildman–Crippen MR) is 122 cm³/mol. The minimum absolute atomic E-state index is 0.0523. The van der Waals surface area contributed by atoms with Gasteiger partial charge in [-0.3, -0.25) is 19.7 Å². The van der Waals surface area contributed by atoms with Crippen LogP contribution in [0.2, 0.25) is 0 Å². The lowest BCUT2D eigenvalue weighted by Crippen LogP contribution is -2.34. The van der Waals surface area contributed by atoms with Gasteiger partial charge < -0.3 is 10.6 Å². The van der Waals surface area contributed by atoms with Crippen LogP contribution in [0.3, 0.4) is 0 Å². The third-order valence-corrected chi connectivity index (χ3v) is 4.48. The van der Waals surface area contributed by atoms with Gasteiger partial charge in [0.2, 0.25) is 0 Å². The normalized spacial score (nSPS) is 11.2. The Balaban J connectivity index is 1.76. The maximum absolute atomic E-state index is 12.8. The number of nitro groups is 1. The second-order valence-electron chi connectivity index (χ2n) is 6.78. The number of hydrogen-bond acceptors (Lipinski definition) is 4. The van der Waals surface area contributed by atoms with E-state index in [0.717, 1.165) is 11.1 Å². The van der Waals surface area contributed by atoms with Crippen molar-refractivity contribution in [3.63, 3.8) is 0 Å². The zero-order valence-electron chi connectivity index (χ0n) is 17.1. The van der Waals surface area contributed by atoms with E-state index in [1.165, 1.54) is 30.3 Å². The second kappa shape index (κ2) is 11.0. The molecule has 7 heteroatoms. The molecule has 160 valence electrons. The summed E-state index contributed by atoms with van der Waals surface area (Å²) in [7, 11) is 0. The standard InChI is InChI=1S/C25H21N3O4/c29-24(21-14-16-22(17-15-21)28(31)32)27-23(13-7-12-19-8-3-1-4-9-19)25(30)26-18-20-10-5-2-6-11-20/h1-17H,18H2,(H,26,30)(H,27,29). The van der Waals surface area contributed by atoms with Gasteiger partial charge in [0, 0.05) is 24.2 Å². The number of nitrogens with one attached hydrogen (secondary N) is 2. The fourth-order valence-corrected chi connectivity index (χ4v) is 2.80.